The number of piperidine rings is 1. The molecule has 2 heterocycles. The Kier molecular flexibility index (Phi) is 3.21. The van der Waals surface area contributed by atoms with E-state index in [2.05, 4.69) is 10.3 Å². The molecule has 0 aromatic carbocycles. The third kappa shape index (κ3) is 2.69. The standard InChI is InChI=1S/C11H13ClN2O/c12-10-7-8(3-5-13-10)6-9-2-1-4-14-11(9)15/h3,5,7,9H,1-2,4,6H2,(H,14,15). The van der Waals surface area contributed by atoms with Crippen LogP contribution in [0.15, 0.2) is 18.3 Å². The molecular weight excluding hydrogens is 212 g/mol. The molecule has 4 heteroatoms. The first-order valence-electron chi connectivity index (χ1n) is 5.14. The average molecular weight is 225 g/mol. The van der Waals surface area contributed by atoms with Crippen molar-refractivity contribution in [3.05, 3.63) is 29.0 Å². The van der Waals surface area contributed by atoms with Gasteiger partial charge in [-0.2, -0.15) is 0 Å². The fraction of sp³-hybridized carbons (Fsp3) is 0.455. The van der Waals surface area contributed by atoms with Gasteiger partial charge in [0.25, 0.3) is 0 Å². The van der Waals surface area contributed by atoms with Gasteiger partial charge in [-0.3, -0.25) is 4.79 Å². The molecule has 1 aliphatic heterocycles. The van der Waals surface area contributed by atoms with E-state index in [4.69, 9.17) is 11.6 Å². The number of hydrogen-bond acceptors (Lipinski definition) is 2. The third-order valence-electron chi connectivity index (χ3n) is 2.67. The Bertz CT molecular complexity index is 367. The van der Waals surface area contributed by atoms with Crippen LogP contribution in [0.25, 0.3) is 0 Å². The molecule has 0 aliphatic carbocycles. The van der Waals surface area contributed by atoms with Crippen molar-refractivity contribution < 1.29 is 4.79 Å². The lowest BCUT2D eigenvalue weighted by atomic mass is 9.92. The van der Waals surface area contributed by atoms with Crippen LogP contribution >= 0.6 is 11.6 Å². The van der Waals surface area contributed by atoms with E-state index in [1.807, 2.05) is 12.1 Å². The lowest BCUT2D eigenvalue weighted by molar-refractivity contribution is -0.126. The second kappa shape index (κ2) is 4.62. The molecule has 1 aliphatic rings. The van der Waals surface area contributed by atoms with Gasteiger partial charge in [-0.05, 0) is 37.0 Å². The molecule has 1 N–H and O–H groups in total. The number of nitrogens with zero attached hydrogens (tertiary/aromatic N) is 1. The lowest BCUT2D eigenvalue weighted by Crippen LogP contribution is -2.37. The van der Waals surface area contributed by atoms with E-state index in [9.17, 15) is 4.79 Å². The molecule has 15 heavy (non-hydrogen) atoms. The number of halogens is 1. The Hall–Kier alpha value is -1.09. The molecule has 1 unspecified atom stereocenters. The van der Waals surface area contributed by atoms with Gasteiger partial charge in [0.15, 0.2) is 0 Å². The summed E-state index contributed by atoms with van der Waals surface area (Å²) in [5, 5.41) is 3.37. The summed E-state index contributed by atoms with van der Waals surface area (Å²) in [5.74, 6) is 0.256. The van der Waals surface area contributed by atoms with Gasteiger partial charge >= 0.3 is 0 Å². The fourth-order valence-corrected chi connectivity index (χ4v) is 2.08. The first-order valence-corrected chi connectivity index (χ1v) is 5.51. The highest BCUT2D eigenvalue weighted by molar-refractivity contribution is 6.29. The summed E-state index contributed by atoms with van der Waals surface area (Å²) in [6.07, 6.45) is 4.47. The quantitative estimate of drug-likeness (QED) is 0.779. The molecule has 2 rings (SSSR count). The molecule has 1 amide bonds. The van der Waals surface area contributed by atoms with Crippen molar-refractivity contribution in [2.75, 3.05) is 6.54 Å². The van der Waals surface area contributed by atoms with Crippen LogP contribution in [0.4, 0.5) is 0 Å². The smallest absolute Gasteiger partial charge is 0.223 e. The maximum absolute atomic E-state index is 11.5. The monoisotopic (exact) mass is 224 g/mol. The number of carbonyl (C=O) groups excluding carboxylic acids is 1. The maximum Gasteiger partial charge on any atom is 0.223 e. The molecule has 1 saturated heterocycles. The Balaban J connectivity index is 2.04. The second-order valence-corrected chi connectivity index (χ2v) is 4.21. The van der Waals surface area contributed by atoms with E-state index in [1.165, 1.54) is 0 Å². The zero-order valence-electron chi connectivity index (χ0n) is 8.37. The third-order valence-corrected chi connectivity index (χ3v) is 2.88. The Morgan fingerprint density at radius 1 is 1.60 bits per heavy atom. The summed E-state index contributed by atoms with van der Waals surface area (Å²) < 4.78 is 0. The number of pyridine rings is 1. The summed E-state index contributed by atoms with van der Waals surface area (Å²) in [6.45, 7) is 0.812. The van der Waals surface area contributed by atoms with Gasteiger partial charge < -0.3 is 5.32 Å². The van der Waals surface area contributed by atoms with Crippen LogP contribution < -0.4 is 5.32 Å². The van der Waals surface area contributed by atoms with Crippen molar-refractivity contribution in [1.29, 1.82) is 0 Å². The molecule has 0 spiro atoms. The topological polar surface area (TPSA) is 42.0 Å². The highest BCUT2D eigenvalue weighted by Gasteiger charge is 2.21. The number of rotatable bonds is 2. The number of amides is 1. The molecule has 0 bridgehead atoms. The van der Waals surface area contributed by atoms with Crippen molar-refractivity contribution in [3.63, 3.8) is 0 Å². The Labute approximate surface area is 93.8 Å². The summed E-state index contributed by atoms with van der Waals surface area (Å²) in [5.41, 5.74) is 1.08. The molecule has 0 radical (unpaired) electrons. The summed E-state index contributed by atoms with van der Waals surface area (Å²) in [7, 11) is 0. The summed E-state index contributed by atoms with van der Waals surface area (Å²) >= 11 is 5.79. The predicted molar refractivity (Wildman–Crippen MR) is 58.7 cm³/mol. The van der Waals surface area contributed by atoms with E-state index < -0.39 is 0 Å². The SMILES string of the molecule is O=C1NCCCC1Cc1ccnc(Cl)c1. The van der Waals surface area contributed by atoms with Crippen LogP contribution in [0.1, 0.15) is 18.4 Å². The van der Waals surface area contributed by atoms with Gasteiger partial charge in [-0.15, -0.1) is 0 Å². The first-order chi connectivity index (χ1) is 7.25. The second-order valence-electron chi connectivity index (χ2n) is 3.82. The van der Waals surface area contributed by atoms with Crippen molar-refractivity contribution >= 4 is 17.5 Å². The molecule has 3 nitrogen and oxygen atoms in total. The lowest BCUT2D eigenvalue weighted by Gasteiger charge is -2.21. The van der Waals surface area contributed by atoms with Crippen LogP contribution in [-0.2, 0) is 11.2 Å². The van der Waals surface area contributed by atoms with E-state index in [0.29, 0.717) is 5.15 Å². The zero-order valence-corrected chi connectivity index (χ0v) is 9.13. The largest absolute Gasteiger partial charge is 0.356 e. The number of carbonyl (C=O) groups is 1. The van der Waals surface area contributed by atoms with E-state index in [1.54, 1.807) is 6.20 Å². The fourth-order valence-electron chi connectivity index (χ4n) is 1.88. The number of hydrogen-bond donors (Lipinski definition) is 1. The predicted octanol–water partition coefficient (Wildman–Crippen LogP) is 1.80. The van der Waals surface area contributed by atoms with Crippen molar-refractivity contribution in [2.24, 2.45) is 5.92 Å². The molecule has 1 atom stereocenters. The molecule has 1 aromatic heterocycles. The van der Waals surface area contributed by atoms with Crippen LogP contribution in [0, 0.1) is 5.92 Å². The van der Waals surface area contributed by atoms with Gasteiger partial charge in [0, 0.05) is 18.7 Å². The molecular formula is C11H13ClN2O. The van der Waals surface area contributed by atoms with Gasteiger partial charge in [-0.1, -0.05) is 11.6 Å². The highest BCUT2D eigenvalue weighted by atomic mass is 35.5. The normalized spacial score (nSPS) is 21.1. The Morgan fingerprint density at radius 2 is 2.47 bits per heavy atom. The van der Waals surface area contributed by atoms with Crippen LogP contribution in [-0.4, -0.2) is 17.4 Å². The van der Waals surface area contributed by atoms with Gasteiger partial charge in [-0.25, -0.2) is 4.98 Å². The number of nitrogens with one attached hydrogen (secondary N) is 1. The molecule has 1 aromatic rings. The van der Waals surface area contributed by atoms with Crippen LogP contribution in [0.3, 0.4) is 0 Å². The van der Waals surface area contributed by atoms with Crippen molar-refractivity contribution in [1.82, 2.24) is 10.3 Å². The Morgan fingerprint density at radius 3 is 3.20 bits per heavy atom. The first kappa shape index (κ1) is 10.4. The van der Waals surface area contributed by atoms with Crippen LogP contribution in [0.5, 0.6) is 0 Å². The van der Waals surface area contributed by atoms with Crippen LogP contribution in [0.2, 0.25) is 5.15 Å². The maximum atomic E-state index is 11.5. The minimum absolute atomic E-state index is 0.0946. The van der Waals surface area contributed by atoms with Gasteiger partial charge in [0.2, 0.25) is 5.91 Å². The molecule has 80 valence electrons. The zero-order chi connectivity index (χ0) is 10.7. The minimum atomic E-state index is 0.0946. The molecule has 1 fully saturated rings. The summed E-state index contributed by atoms with van der Waals surface area (Å²) in [4.78, 5) is 15.4. The van der Waals surface area contributed by atoms with E-state index in [0.717, 1.165) is 31.4 Å². The molecule has 0 saturated carbocycles. The van der Waals surface area contributed by atoms with E-state index >= 15 is 0 Å². The highest BCUT2D eigenvalue weighted by Crippen LogP contribution is 2.18. The van der Waals surface area contributed by atoms with E-state index in [-0.39, 0.29) is 11.8 Å². The number of aromatic nitrogens is 1. The van der Waals surface area contributed by atoms with Gasteiger partial charge in [0.05, 0.1) is 0 Å². The minimum Gasteiger partial charge on any atom is -0.356 e. The average Bonchev–Trinajstić information content (AvgIpc) is 2.22. The van der Waals surface area contributed by atoms with Gasteiger partial charge in [0.1, 0.15) is 5.15 Å². The van der Waals surface area contributed by atoms with Crippen molar-refractivity contribution in [2.45, 2.75) is 19.3 Å². The summed E-state index contributed by atoms with van der Waals surface area (Å²) in [6, 6.07) is 3.73. The van der Waals surface area contributed by atoms with Crippen molar-refractivity contribution in [3.8, 4) is 0 Å².